The maximum Gasteiger partial charge on any atom is 0.434 e. The lowest BCUT2D eigenvalue weighted by atomic mass is 9.88. The Morgan fingerprint density at radius 2 is 1.89 bits per heavy atom. The molecule has 2 aromatic heterocycles. The maximum atomic E-state index is 14.6. The number of piperidine rings is 1. The predicted molar refractivity (Wildman–Crippen MR) is 124 cm³/mol. The Hall–Kier alpha value is -3.77. The van der Waals surface area contributed by atoms with Crippen molar-refractivity contribution < 1.29 is 31.5 Å². The van der Waals surface area contributed by atoms with E-state index in [0.717, 1.165) is 11.1 Å². The van der Waals surface area contributed by atoms with Crippen molar-refractivity contribution >= 4 is 11.7 Å². The quantitative estimate of drug-likeness (QED) is 0.478. The van der Waals surface area contributed by atoms with Crippen LogP contribution in [-0.2, 0) is 13.2 Å². The predicted octanol–water partition coefficient (Wildman–Crippen LogP) is 4.50. The summed E-state index contributed by atoms with van der Waals surface area (Å²) >= 11 is 0. The van der Waals surface area contributed by atoms with Gasteiger partial charge in [-0.15, -0.1) is 0 Å². The number of hydrogen-bond donors (Lipinski definition) is 1. The molecule has 1 aromatic carbocycles. The zero-order chi connectivity index (χ0) is 27.0. The number of carbonyl (C=O) groups is 1. The molecule has 1 saturated heterocycles. The zero-order valence-corrected chi connectivity index (χ0v) is 20.3. The molecule has 0 saturated carbocycles. The van der Waals surface area contributed by atoms with E-state index in [-0.39, 0.29) is 18.1 Å². The fraction of sp³-hybridized carbons (Fsp3) is 0.417. The molecule has 1 amide bonds. The zero-order valence-electron chi connectivity index (χ0n) is 20.3. The number of hydrogen-bond acceptors (Lipinski definition) is 6. The third-order valence-corrected chi connectivity index (χ3v) is 6.21. The van der Waals surface area contributed by atoms with Crippen LogP contribution >= 0.6 is 0 Å². The van der Waals surface area contributed by atoms with Crippen LogP contribution in [-0.4, -0.2) is 62.7 Å². The second-order valence-electron chi connectivity index (χ2n) is 9.00. The summed E-state index contributed by atoms with van der Waals surface area (Å²) in [6.45, 7) is 0.758. The Bertz CT molecular complexity index is 1240. The van der Waals surface area contributed by atoms with Gasteiger partial charge in [-0.2, -0.15) is 18.3 Å². The normalized spacial score (nSPS) is 19.5. The summed E-state index contributed by atoms with van der Waals surface area (Å²) < 4.78 is 74.1. The van der Waals surface area contributed by atoms with Crippen molar-refractivity contribution in [2.75, 3.05) is 25.5 Å². The van der Waals surface area contributed by atoms with E-state index in [1.165, 1.54) is 11.8 Å². The fourth-order valence-corrected chi connectivity index (χ4v) is 4.42. The third kappa shape index (κ3) is 5.81. The molecular formula is C24H25F5N6O2. The van der Waals surface area contributed by atoms with E-state index in [1.54, 1.807) is 44.4 Å². The van der Waals surface area contributed by atoms with Crippen molar-refractivity contribution in [3.63, 3.8) is 0 Å². The smallest absolute Gasteiger partial charge is 0.434 e. The van der Waals surface area contributed by atoms with Crippen molar-refractivity contribution in [3.05, 3.63) is 54.2 Å². The van der Waals surface area contributed by atoms with Crippen molar-refractivity contribution in [1.29, 1.82) is 0 Å². The number of nitrogens with zero attached hydrogens (tertiary/aromatic N) is 5. The molecule has 0 bridgehead atoms. The van der Waals surface area contributed by atoms with Crippen molar-refractivity contribution in [1.82, 2.24) is 24.6 Å². The summed E-state index contributed by atoms with van der Waals surface area (Å²) in [5.41, 5.74) is -0.0144. The Morgan fingerprint density at radius 1 is 1.19 bits per heavy atom. The van der Waals surface area contributed by atoms with Gasteiger partial charge in [0.05, 0.1) is 32.1 Å². The van der Waals surface area contributed by atoms with Gasteiger partial charge in [0.25, 0.3) is 11.8 Å². The molecule has 2 atom stereocenters. The van der Waals surface area contributed by atoms with Gasteiger partial charge in [-0.25, -0.2) is 18.7 Å². The highest BCUT2D eigenvalue weighted by molar-refractivity contribution is 5.99. The lowest BCUT2D eigenvalue weighted by Crippen LogP contribution is -2.57. The number of amides is 1. The average molecular weight is 524 g/mol. The summed E-state index contributed by atoms with van der Waals surface area (Å²) in [7, 11) is 3.15. The molecule has 1 fully saturated rings. The Morgan fingerprint density at radius 3 is 2.49 bits per heavy atom. The molecule has 37 heavy (non-hydrogen) atoms. The number of nitrogens with one attached hydrogen (secondary N) is 1. The first kappa shape index (κ1) is 26.3. The number of alkyl halides is 5. The van der Waals surface area contributed by atoms with E-state index in [4.69, 9.17) is 4.74 Å². The van der Waals surface area contributed by atoms with Crippen molar-refractivity contribution in [2.45, 2.75) is 31.5 Å². The van der Waals surface area contributed by atoms with E-state index in [0.29, 0.717) is 23.1 Å². The van der Waals surface area contributed by atoms with Gasteiger partial charge >= 0.3 is 6.18 Å². The van der Waals surface area contributed by atoms with Gasteiger partial charge in [-0.1, -0.05) is 19.1 Å². The average Bonchev–Trinajstić information content (AvgIpc) is 3.23. The molecule has 3 aromatic rings. The number of likely N-dealkylation sites (tertiary alicyclic amines) is 1. The van der Waals surface area contributed by atoms with Gasteiger partial charge in [0, 0.05) is 31.8 Å². The van der Waals surface area contributed by atoms with Crippen LogP contribution in [0.25, 0.3) is 11.1 Å². The molecule has 1 aliphatic heterocycles. The van der Waals surface area contributed by atoms with Crippen LogP contribution in [0, 0.1) is 5.92 Å². The molecule has 3 heterocycles. The van der Waals surface area contributed by atoms with Crippen LogP contribution in [0.2, 0.25) is 0 Å². The number of benzene rings is 1. The van der Waals surface area contributed by atoms with E-state index < -0.39 is 48.6 Å². The number of aromatic nitrogens is 4. The highest BCUT2D eigenvalue weighted by atomic mass is 19.4. The molecule has 0 spiro atoms. The summed E-state index contributed by atoms with van der Waals surface area (Å²) in [5.74, 6) is -3.78. The monoisotopic (exact) mass is 524 g/mol. The highest BCUT2D eigenvalue weighted by Gasteiger charge is 2.47. The summed E-state index contributed by atoms with van der Waals surface area (Å²) in [5, 5.41) is 7.09. The van der Waals surface area contributed by atoms with Gasteiger partial charge in [-0.05, 0) is 23.6 Å². The van der Waals surface area contributed by atoms with E-state index >= 15 is 0 Å². The van der Waals surface area contributed by atoms with E-state index in [2.05, 4.69) is 20.4 Å². The second kappa shape index (κ2) is 9.94. The van der Waals surface area contributed by atoms with Crippen LogP contribution in [0.3, 0.4) is 0 Å². The minimum Gasteiger partial charge on any atom is -0.497 e. The number of carbonyl (C=O) groups excluding carboxylic acids is 1. The largest absolute Gasteiger partial charge is 0.497 e. The molecule has 198 valence electrons. The SMILES string of the molecule is COc1ccc(-c2cn(C)nc2C(=O)N2CC(F)(F)C[C@@H](C)[C@H]2CNc2cnc(C(F)(F)F)cn2)cc1. The summed E-state index contributed by atoms with van der Waals surface area (Å²) in [6, 6.07) is 6.20. The number of methoxy groups -OCH3 is 1. The number of ether oxygens (including phenoxy) is 1. The van der Waals surface area contributed by atoms with Crippen LogP contribution in [0.15, 0.2) is 42.9 Å². The van der Waals surface area contributed by atoms with E-state index in [9.17, 15) is 26.7 Å². The van der Waals surface area contributed by atoms with Gasteiger partial charge in [0.15, 0.2) is 11.4 Å². The topological polar surface area (TPSA) is 85.2 Å². The lowest BCUT2D eigenvalue weighted by molar-refractivity contribution is -0.141. The Balaban J connectivity index is 1.60. The summed E-state index contributed by atoms with van der Waals surface area (Å²) in [6.07, 6.45) is -1.96. The minimum atomic E-state index is -4.64. The molecule has 1 aliphatic rings. The molecular weight excluding hydrogens is 499 g/mol. The number of halogens is 5. The highest BCUT2D eigenvalue weighted by Crippen LogP contribution is 2.36. The Labute approximate surface area is 209 Å². The number of anilines is 1. The number of aryl methyl sites for hydroxylation is 1. The van der Waals surface area contributed by atoms with Gasteiger partial charge in [0.1, 0.15) is 11.6 Å². The van der Waals surface area contributed by atoms with E-state index in [1.807, 2.05) is 0 Å². The second-order valence-corrected chi connectivity index (χ2v) is 9.00. The third-order valence-electron chi connectivity index (χ3n) is 6.21. The maximum absolute atomic E-state index is 14.6. The molecule has 13 heteroatoms. The molecule has 8 nitrogen and oxygen atoms in total. The van der Waals surface area contributed by atoms with Crippen molar-refractivity contribution in [3.8, 4) is 16.9 Å². The molecule has 4 rings (SSSR count). The molecule has 1 N–H and O–H groups in total. The van der Waals surface area contributed by atoms with Crippen LogP contribution in [0.5, 0.6) is 5.75 Å². The molecule has 0 unspecified atom stereocenters. The van der Waals surface area contributed by atoms with Crippen LogP contribution in [0.4, 0.5) is 27.8 Å². The van der Waals surface area contributed by atoms with Gasteiger partial charge in [0.2, 0.25) is 0 Å². The first-order valence-electron chi connectivity index (χ1n) is 11.4. The van der Waals surface area contributed by atoms with Gasteiger partial charge < -0.3 is 15.0 Å². The van der Waals surface area contributed by atoms with Crippen LogP contribution < -0.4 is 10.1 Å². The molecule has 0 radical (unpaired) electrons. The lowest BCUT2D eigenvalue weighted by Gasteiger charge is -2.43. The minimum absolute atomic E-state index is 0.0110. The van der Waals surface area contributed by atoms with Gasteiger partial charge in [-0.3, -0.25) is 9.48 Å². The van der Waals surface area contributed by atoms with Crippen molar-refractivity contribution in [2.24, 2.45) is 13.0 Å². The summed E-state index contributed by atoms with van der Waals surface area (Å²) in [4.78, 5) is 21.8. The first-order valence-corrected chi connectivity index (χ1v) is 11.4. The standard InChI is InChI=1S/C24H25F5N6O2/c1-14-8-23(25,26)13-35(18(14)9-31-20-11-30-19(10-32-20)24(27,28)29)22(36)21-17(12-34(2)33-21)15-4-6-16(37-3)7-5-15/h4-7,10-12,14,18H,8-9,13H2,1-3H3,(H,31,32)/t14-,18-/m1/s1. The Kier molecular flexibility index (Phi) is 7.07. The van der Waals surface area contributed by atoms with Crippen LogP contribution in [0.1, 0.15) is 29.5 Å². The first-order chi connectivity index (χ1) is 17.4. The molecule has 0 aliphatic carbocycles. The number of rotatable bonds is 6. The fourth-order valence-electron chi connectivity index (χ4n) is 4.42.